The molecular weight excluding hydrogens is 551 g/mol. The maximum absolute atomic E-state index is 12.3. The summed E-state index contributed by atoms with van der Waals surface area (Å²) in [4.78, 5) is 22.3. The number of hydrogen-bond donors (Lipinski definition) is 3. The number of aliphatic hydroxyl groups excluding tert-OH is 1. The van der Waals surface area contributed by atoms with E-state index in [-0.39, 0.29) is 19.1 Å². The summed E-state index contributed by atoms with van der Waals surface area (Å²) in [5.41, 5.74) is 0. The molecule has 3 N–H and O–H groups in total. The fraction of sp³-hybridized carbons (Fsp3) is 0.848. The van der Waals surface area contributed by atoms with Crippen molar-refractivity contribution < 1.29 is 32.9 Å². The number of carbonyl (C=O) groups is 1. The Labute approximate surface area is 258 Å². The molecule has 248 valence electrons. The third-order valence-corrected chi connectivity index (χ3v) is 8.16. The number of likely N-dealkylation sites (N-methyl/N-ethyl adjacent to an activating group) is 1. The summed E-state index contributed by atoms with van der Waals surface area (Å²) in [6, 6.07) is -0.852. The molecule has 3 unspecified atom stereocenters. The second kappa shape index (κ2) is 26.4. The quantitative estimate of drug-likeness (QED) is 0.0342. The van der Waals surface area contributed by atoms with E-state index in [2.05, 4.69) is 24.4 Å². The van der Waals surface area contributed by atoms with Gasteiger partial charge in [-0.05, 0) is 32.1 Å². The second-order valence-corrected chi connectivity index (χ2v) is 14.0. The third kappa shape index (κ3) is 27.8. The highest BCUT2D eigenvalue weighted by atomic mass is 31.2. The van der Waals surface area contributed by atoms with E-state index < -0.39 is 20.0 Å². The molecule has 0 heterocycles. The van der Waals surface area contributed by atoms with E-state index in [9.17, 15) is 19.4 Å². The first kappa shape index (κ1) is 41.0. The zero-order chi connectivity index (χ0) is 31.5. The number of phosphoric ester groups is 1. The average Bonchev–Trinajstić information content (AvgIpc) is 2.92. The fourth-order valence-corrected chi connectivity index (χ4v) is 5.12. The molecule has 0 aliphatic heterocycles. The van der Waals surface area contributed by atoms with E-state index in [1.165, 1.54) is 77.0 Å². The van der Waals surface area contributed by atoms with Crippen LogP contribution in [0.25, 0.3) is 0 Å². The Morgan fingerprint density at radius 2 is 1.31 bits per heavy atom. The Morgan fingerprint density at radius 1 is 0.786 bits per heavy atom. The Hall–Kier alpha value is -1.02. The van der Waals surface area contributed by atoms with Gasteiger partial charge in [0.2, 0.25) is 5.91 Å². The number of nitrogens with zero attached hydrogens (tertiary/aromatic N) is 1. The van der Waals surface area contributed by atoms with E-state index in [1.54, 1.807) is 6.08 Å². The first-order valence-electron chi connectivity index (χ1n) is 16.7. The monoisotopic (exact) mass is 617 g/mol. The van der Waals surface area contributed by atoms with Crippen LogP contribution in [-0.4, -0.2) is 73.4 Å². The molecule has 0 rings (SSSR count). The third-order valence-electron chi connectivity index (χ3n) is 7.17. The van der Waals surface area contributed by atoms with Crippen LogP contribution >= 0.6 is 7.82 Å². The average molecular weight is 618 g/mol. The number of aliphatic hydroxyl groups is 1. The van der Waals surface area contributed by atoms with E-state index >= 15 is 0 Å². The molecule has 0 aromatic rings. The van der Waals surface area contributed by atoms with Crippen molar-refractivity contribution in [1.82, 2.24) is 5.32 Å². The normalized spacial score (nSPS) is 15.3. The van der Waals surface area contributed by atoms with Gasteiger partial charge >= 0.3 is 7.82 Å². The molecule has 0 radical (unpaired) electrons. The van der Waals surface area contributed by atoms with Gasteiger partial charge in [0.1, 0.15) is 13.2 Å². The van der Waals surface area contributed by atoms with Crippen molar-refractivity contribution in [1.29, 1.82) is 0 Å². The van der Waals surface area contributed by atoms with Crippen LogP contribution in [0.3, 0.4) is 0 Å². The zero-order valence-electron chi connectivity index (χ0n) is 27.7. The molecule has 9 heteroatoms. The van der Waals surface area contributed by atoms with Gasteiger partial charge in [0.05, 0.1) is 39.9 Å². The van der Waals surface area contributed by atoms with Crippen molar-refractivity contribution in [2.75, 3.05) is 40.9 Å². The van der Waals surface area contributed by atoms with Crippen LogP contribution in [0.5, 0.6) is 0 Å². The van der Waals surface area contributed by atoms with Gasteiger partial charge in [0.25, 0.3) is 0 Å². The molecule has 42 heavy (non-hydrogen) atoms. The summed E-state index contributed by atoms with van der Waals surface area (Å²) in [7, 11) is 1.54. The van der Waals surface area contributed by atoms with E-state index in [0.29, 0.717) is 17.4 Å². The molecular formula is C33H66N2O6P+. The van der Waals surface area contributed by atoms with Crippen LogP contribution < -0.4 is 5.32 Å². The predicted octanol–water partition coefficient (Wildman–Crippen LogP) is 7.85. The van der Waals surface area contributed by atoms with Gasteiger partial charge in [-0.2, -0.15) is 0 Å². The molecule has 8 nitrogen and oxygen atoms in total. The lowest BCUT2D eigenvalue weighted by atomic mass is 10.0. The summed E-state index contributed by atoms with van der Waals surface area (Å²) in [6.07, 6.45) is 27.8. The van der Waals surface area contributed by atoms with E-state index in [0.717, 1.165) is 32.1 Å². The van der Waals surface area contributed by atoms with Gasteiger partial charge < -0.3 is 19.8 Å². The predicted molar refractivity (Wildman–Crippen MR) is 175 cm³/mol. The van der Waals surface area contributed by atoms with Gasteiger partial charge in [0.15, 0.2) is 0 Å². The van der Waals surface area contributed by atoms with Crippen molar-refractivity contribution in [3.8, 4) is 0 Å². The summed E-state index contributed by atoms with van der Waals surface area (Å²) in [6.45, 7) is 4.52. The number of unbranched alkanes of at least 4 members (excludes halogenated alkanes) is 14. The lowest BCUT2D eigenvalue weighted by Gasteiger charge is -2.25. The molecule has 0 aliphatic rings. The minimum absolute atomic E-state index is 0.0556. The zero-order valence-corrected chi connectivity index (χ0v) is 28.6. The van der Waals surface area contributed by atoms with Gasteiger partial charge in [-0.3, -0.25) is 13.8 Å². The number of quaternary nitrogens is 1. The van der Waals surface area contributed by atoms with Gasteiger partial charge in [-0.15, -0.1) is 0 Å². The van der Waals surface area contributed by atoms with Crippen molar-refractivity contribution in [3.63, 3.8) is 0 Å². The Kier molecular flexibility index (Phi) is 25.7. The SMILES string of the molecule is CCCCCCCCCCCCCC/C=C/CC/C=C/C(O)C(COP(=O)(O)OCC[N+](C)(C)C)NC(=O)CCCC. The van der Waals surface area contributed by atoms with E-state index in [1.807, 2.05) is 34.1 Å². The Balaban J connectivity index is 4.28. The number of rotatable bonds is 29. The molecule has 0 bridgehead atoms. The van der Waals surface area contributed by atoms with Crippen LogP contribution in [0.2, 0.25) is 0 Å². The topological polar surface area (TPSA) is 105 Å². The van der Waals surface area contributed by atoms with Crippen LogP contribution in [0.4, 0.5) is 0 Å². The summed E-state index contributed by atoms with van der Waals surface area (Å²) in [5, 5.41) is 13.4. The van der Waals surface area contributed by atoms with Gasteiger partial charge in [0, 0.05) is 6.42 Å². The Bertz CT molecular complexity index is 753. The number of allylic oxidation sites excluding steroid dienone is 3. The number of phosphoric acid groups is 1. The number of carbonyl (C=O) groups excluding carboxylic acids is 1. The van der Waals surface area contributed by atoms with Crippen molar-refractivity contribution >= 4 is 13.7 Å². The van der Waals surface area contributed by atoms with Crippen molar-refractivity contribution in [2.45, 2.75) is 142 Å². The van der Waals surface area contributed by atoms with Crippen LogP contribution in [0, 0.1) is 0 Å². The minimum atomic E-state index is -4.31. The van der Waals surface area contributed by atoms with Crippen molar-refractivity contribution in [2.24, 2.45) is 0 Å². The lowest BCUT2D eigenvalue weighted by molar-refractivity contribution is -0.870. The largest absolute Gasteiger partial charge is 0.472 e. The highest BCUT2D eigenvalue weighted by Crippen LogP contribution is 2.43. The van der Waals surface area contributed by atoms with Gasteiger partial charge in [-0.1, -0.05) is 115 Å². The van der Waals surface area contributed by atoms with Gasteiger partial charge in [-0.25, -0.2) is 4.57 Å². The van der Waals surface area contributed by atoms with Crippen LogP contribution in [-0.2, 0) is 18.4 Å². The molecule has 0 fully saturated rings. The maximum atomic E-state index is 12.3. The molecule has 0 aromatic heterocycles. The number of nitrogens with one attached hydrogen (secondary N) is 1. The van der Waals surface area contributed by atoms with E-state index in [4.69, 9.17) is 9.05 Å². The Morgan fingerprint density at radius 3 is 1.88 bits per heavy atom. The molecule has 0 aliphatic carbocycles. The maximum Gasteiger partial charge on any atom is 0.472 e. The molecule has 0 saturated carbocycles. The minimum Gasteiger partial charge on any atom is -0.387 e. The molecule has 3 atom stereocenters. The fourth-order valence-electron chi connectivity index (χ4n) is 4.38. The van der Waals surface area contributed by atoms with Crippen molar-refractivity contribution in [3.05, 3.63) is 24.3 Å². The summed E-state index contributed by atoms with van der Waals surface area (Å²) >= 11 is 0. The first-order valence-corrected chi connectivity index (χ1v) is 18.2. The molecule has 1 amide bonds. The lowest BCUT2D eigenvalue weighted by Crippen LogP contribution is -2.45. The summed E-state index contributed by atoms with van der Waals surface area (Å²) in [5.74, 6) is -0.225. The highest BCUT2D eigenvalue weighted by Gasteiger charge is 2.27. The molecule has 0 aromatic carbocycles. The smallest absolute Gasteiger partial charge is 0.387 e. The molecule has 0 spiro atoms. The first-order chi connectivity index (χ1) is 20.0. The number of hydrogen-bond acceptors (Lipinski definition) is 5. The summed E-state index contributed by atoms with van der Waals surface area (Å²) < 4.78 is 23.1. The van der Waals surface area contributed by atoms with Crippen LogP contribution in [0.1, 0.15) is 129 Å². The molecule has 0 saturated heterocycles. The standard InChI is InChI=1S/C33H65N2O6P/c1-6-8-10-11-12-13-14-15-16-17-18-19-20-21-22-23-24-25-26-32(36)31(34-33(37)27-9-7-2)30-41-42(38,39)40-29-28-35(3,4)5/h21-22,25-26,31-32,36H,6-20,23-24,27-30H2,1-5H3,(H-,34,37,38,39)/p+1/b22-21+,26-25+. The second-order valence-electron chi connectivity index (χ2n) is 12.5. The highest BCUT2D eigenvalue weighted by molar-refractivity contribution is 7.47. The number of amides is 1. The van der Waals surface area contributed by atoms with Crippen LogP contribution in [0.15, 0.2) is 24.3 Å².